The molecule has 0 aliphatic rings. The summed E-state index contributed by atoms with van der Waals surface area (Å²) in [7, 11) is 1.94. The summed E-state index contributed by atoms with van der Waals surface area (Å²) in [4.78, 5) is 0. The number of benzene rings is 1. The summed E-state index contributed by atoms with van der Waals surface area (Å²) >= 11 is 0. The third-order valence-corrected chi connectivity index (χ3v) is 2.28. The van der Waals surface area contributed by atoms with Crippen LogP contribution in [-0.2, 0) is 7.05 Å². The normalized spacial score (nSPS) is 10.3. The van der Waals surface area contributed by atoms with Crippen LogP contribution in [0.1, 0.15) is 6.92 Å². The van der Waals surface area contributed by atoms with Gasteiger partial charge in [0.1, 0.15) is 5.75 Å². The minimum atomic E-state index is 0.699. The first-order valence-electron chi connectivity index (χ1n) is 5.02. The van der Waals surface area contributed by atoms with Crippen LogP contribution in [0.15, 0.2) is 36.5 Å². The summed E-state index contributed by atoms with van der Waals surface area (Å²) < 4.78 is 7.24. The maximum atomic E-state index is 5.39. The second-order valence-corrected chi connectivity index (χ2v) is 3.30. The average molecular weight is 202 g/mol. The van der Waals surface area contributed by atoms with E-state index in [9.17, 15) is 0 Å². The van der Waals surface area contributed by atoms with Gasteiger partial charge in [0.05, 0.1) is 12.3 Å². The van der Waals surface area contributed by atoms with Gasteiger partial charge in [-0.05, 0) is 37.3 Å². The number of hydrogen-bond acceptors (Lipinski definition) is 2. The zero-order valence-electron chi connectivity index (χ0n) is 8.97. The summed E-state index contributed by atoms with van der Waals surface area (Å²) in [5.41, 5.74) is 2.26. The molecule has 2 aromatic rings. The molecule has 0 amide bonds. The highest BCUT2D eigenvalue weighted by atomic mass is 16.5. The molecule has 1 aromatic carbocycles. The molecule has 0 N–H and O–H groups in total. The quantitative estimate of drug-likeness (QED) is 0.764. The Hall–Kier alpha value is -1.77. The lowest BCUT2D eigenvalue weighted by atomic mass is 10.1. The average Bonchev–Trinajstić information content (AvgIpc) is 2.66. The molecule has 0 atom stereocenters. The summed E-state index contributed by atoms with van der Waals surface area (Å²) in [5, 5.41) is 4.14. The van der Waals surface area contributed by atoms with Crippen LogP contribution < -0.4 is 4.74 Å². The molecule has 0 aliphatic carbocycles. The number of nitrogens with zero attached hydrogens (tertiary/aromatic N) is 2. The van der Waals surface area contributed by atoms with Crippen LogP contribution in [0.4, 0.5) is 0 Å². The Morgan fingerprint density at radius 1 is 1.20 bits per heavy atom. The van der Waals surface area contributed by atoms with E-state index in [-0.39, 0.29) is 0 Å². The van der Waals surface area contributed by atoms with Crippen molar-refractivity contribution in [2.75, 3.05) is 6.61 Å². The van der Waals surface area contributed by atoms with Gasteiger partial charge in [0.25, 0.3) is 0 Å². The van der Waals surface area contributed by atoms with E-state index in [0.717, 1.165) is 17.0 Å². The van der Waals surface area contributed by atoms with E-state index in [1.807, 2.05) is 49.0 Å². The monoisotopic (exact) mass is 202 g/mol. The Morgan fingerprint density at radius 2 is 1.93 bits per heavy atom. The van der Waals surface area contributed by atoms with Gasteiger partial charge in [-0.2, -0.15) is 5.10 Å². The Kier molecular flexibility index (Phi) is 2.72. The highest BCUT2D eigenvalue weighted by molar-refractivity contribution is 5.60. The molecule has 2 rings (SSSR count). The summed E-state index contributed by atoms with van der Waals surface area (Å²) in [6, 6.07) is 10.0. The van der Waals surface area contributed by atoms with E-state index < -0.39 is 0 Å². The predicted octanol–water partition coefficient (Wildman–Crippen LogP) is 2.49. The minimum absolute atomic E-state index is 0.699. The molecule has 3 nitrogen and oxygen atoms in total. The standard InChI is InChI=1S/C12H14N2O/c1-3-15-11-6-4-10(5-7-11)12-8-9-13-14(12)2/h4-9H,3H2,1-2H3. The van der Waals surface area contributed by atoms with Gasteiger partial charge in [0.15, 0.2) is 0 Å². The van der Waals surface area contributed by atoms with Crippen molar-refractivity contribution in [2.24, 2.45) is 7.05 Å². The van der Waals surface area contributed by atoms with E-state index in [4.69, 9.17) is 4.74 Å². The highest BCUT2D eigenvalue weighted by Gasteiger charge is 2.01. The van der Waals surface area contributed by atoms with Gasteiger partial charge >= 0.3 is 0 Å². The van der Waals surface area contributed by atoms with Crippen molar-refractivity contribution in [3.05, 3.63) is 36.5 Å². The second-order valence-electron chi connectivity index (χ2n) is 3.30. The molecule has 0 aliphatic heterocycles. The van der Waals surface area contributed by atoms with Gasteiger partial charge < -0.3 is 4.74 Å². The van der Waals surface area contributed by atoms with Crippen LogP contribution in [0.3, 0.4) is 0 Å². The van der Waals surface area contributed by atoms with Gasteiger partial charge in [-0.3, -0.25) is 4.68 Å². The van der Waals surface area contributed by atoms with Crippen molar-refractivity contribution in [3.8, 4) is 17.0 Å². The molecular formula is C12H14N2O. The molecule has 0 radical (unpaired) electrons. The van der Waals surface area contributed by atoms with Crippen molar-refractivity contribution in [3.63, 3.8) is 0 Å². The fraction of sp³-hybridized carbons (Fsp3) is 0.250. The summed E-state index contributed by atoms with van der Waals surface area (Å²) in [5.74, 6) is 0.906. The Bertz CT molecular complexity index is 431. The molecule has 0 bridgehead atoms. The summed E-state index contributed by atoms with van der Waals surface area (Å²) in [6.07, 6.45) is 1.80. The first-order valence-corrected chi connectivity index (χ1v) is 5.02. The van der Waals surface area contributed by atoms with Gasteiger partial charge in [0.2, 0.25) is 0 Å². The lowest BCUT2D eigenvalue weighted by molar-refractivity contribution is 0.340. The van der Waals surface area contributed by atoms with Gasteiger partial charge in [-0.1, -0.05) is 0 Å². The van der Waals surface area contributed by atoms with Crippen LogP contribution in [0.5, 0.6) is 5.75 Å². The minimum Gasteiger partial charge on any atom is -0.494 e. The molecule has 3 heteroatoms. The number of hydrogen-bond donors (Lipinski definition) is 0. The van der Waals surface area contributed by atoms with Gasteiger partial charge in [-0.25, -0.2) is 0 Å². The molecule has 1 heterocycles. The molecule has 0 saturated carbocycles. The maximum absolute atomic E-state index is 5.39. The molecule has 0 fully saturated rings. The first-order chi connectivity index (χ1) is 7.31. The van der Waals surface area contributed by atoms with E-state index >= 15 is 0 Å². The van der Waals surface area contributed by atoms with Gasteiger partial charge in [0, 0.05) is 18.8 Å². The van der Waals surface area contributed by atoms with Crippen molar-refractivity contribution in [1.29, 1.82) is 0 Å². The topological polar surface area (TPSA) is 27.1 Å². The Morgan fingerprint density at radius 3 is 2.47 bits per heavy atom. The molecule has 78 valence electrons. The van der Waals surface area contributed by atoms with Crippen molar-refractivity contribution in [2.45, 2.75) is 6.92 Å². The van der Waals surface area contributed by atoms with Crippen molar-refractivity contribution < 1.29 is 4.74 Å². The fourth-order valence-electron chi connectivity index (χ4n) is 1.55. The third kappa shape index (κ3) is 2.01. The molecule has 0 saturated heterocycles. The fourth-order valence-corrected chi connectivity index (χ4v) is 1.55. The smallest absolute Gasteiger partial charge is 0.119 e. The van der Waals surface area contributed by atoms with E-state index in [0.29, 0.717) is 6.61 Å². The number of rotatable bonds is 3. The maximum Gasteiger partial charge on any atom is 0.119 e. The molecular weight excluding hydrogens is 188 g/mol. The van der Waals surface area contributed by atoms with Crippen LogP contribution >= 0.6 is 0 Å². The van der Waals surface area contributed by atoms with Crippen LogP contribution in [0.25, 0.3) is 11.3 Å². The lowest BCUT2D eigenvalue weighted by Crippen LogP contribution is -1.94. The second kappa shape index (κ2) is 4.17. The zero-order chi connectivity index (χ0) is 10.7. The predicted molar refractivity (Wildman–Crippen MR) is 59.8 cm³/mol. The first kappa shape index (κ1) is 9.77. The SMILES string of the molecule is CCOc1ccc(-c2ccnn2C)cc1. The number of aryl methyl sites for hydroxylation is 1. The summed E-state index contributed by atoms with van der Waals surface area (Å²) in [6.45, 7) is 2.68. The van der Waals surface area contributed by atoms with E-state index in [1.54, 1.807) is 6.20 Å². The van der Waals surface area contributed by atoms with Gasteiger partial charge in [-0.15, -0.1) is 0 Å². The molecule has 0 spiro atoms. The largest absolute Gasteiger partial charge is 0.494 e. The van der Waals surface area contributed by atoms with Crippen molar-refractivity contribution in [1.82, 2.24) is 9.78 Å². The number of aromatic nitrogens is 2. The van der Waals surface area contributed by atoms with Crippen LogP contribution in [-0.4, -0.2) is 16.4 Å². The Labute approximate surface area is 89.3 Å². The van der Waals surface area contributed by atoms with Crippen LogP contribution in [0.2, 0.25) is 0 Å². The van der Waals surface area contributed by atoms with Crippen LogP contribution in [0, 0.1) is 0 Å². The molecule has 1 aromatic heterocycles. The van der Waals surface area contributed by atoms with E-state index in [2.05, 4.69) is 5.10 Å². The highest BCUT2D eigenvalue weighted by Crippen LogP contribution is 2.21. The van der Waals surface area contributed by atoms with E-state index in [1.165, 1.54) is 0 Å². The third-order valence-electron chi connectivity index (χ3n) is 2.28. The number of ether oxygens (including phenoxy) is 1. The molecule has 15 heavy (non-hydrogen) atoms. The lowest BCUT2D eigenvalue weighted by Gasteiger charge is -2.05. The molecule has 0 unspecified atom stereocenters. The van der Waals surface area contributed by atoms with Crippen molar-refractivity contribution >= 4 is 0 Å². The zero-order valence-corrected chi connectivity index (χ0v) is 8.97. The Balaban J connectivity index is 2.28.